The molecule has 0 bridgehead atoms. The summed E-state index contributed by atoms with van der Waals surface area (Å²) in [5, 5.41) is 0. The summed E-state index contributed by atoms with van der Waals surface area (Å²) in [7, 11) is 0. The molecular weight excluding hydrogens is 202 g/mol. The van der Waals surface area contributed by atoms with E-state index in [1.54, 1.807) is 0 Å². The average Bonchev–Trinajstić information content (AvgIpc) is 0. The molecule has 0 spiro atoms. The van der Waals surface area contributed by atoms with E-state index < -0.39 is 0 Å². The SMILES string of the molecule is [Al].[Cu].[MgH2].[Ni].[Si]. The molecule has 0 aliphatic heterocycles. The van der Waals surface area contributed by atoms with Crippen molar-refractivity contribution < 1.29 is 33.6 Å². The van der Waals surface area contributed by atoms with Gasteiger partial charge < -0.3 is 0 Å². The van der Waals surface area contributed by atoms with Crippen LogP contribution >= 0.6 is 0 Å². The summed E-state index contributed by atoms with van der Waals surface area (Å²) in [6, 6.07) is 0. The van der Waals surface area contributed by atoms with Gasteiger partial charge in [-0.05, 0) is 0 Å². The monoisotopic (exact) mass is 202 g/mol. The summed E-state index contributed by atoms with van der Waals surface area (Å²) < 4.78 is 0. The predicted molar refractivity (Wildman–Crippen MR) is 20.1 cm³/mol. The summed E-state index contributed by atoms with van der Waals surface area (Å²) in [6.45, 7) is 0. The maximum Gasteiger partial charge on any atom is 0.316 e. The van der Waals surface area contributed by atoms with Crippen molar-refractivity contribution in [1.29, 1.82) is 0 Å². The Morgan fingerprint density at radius 2 is 1.00 bits per heavy atom. The van der Waals surface area contributed by atoms with Gasteiger partial charge in [-0.3, -0.25) is 0 Å². The predicted octanol–water partition coefficient (Wildman–Crippen LogP) is -1.68. The van der Waals surface area contributed by atoms with Gasteiger partial charge in [-0.25, -0.2) is 0 Å². The molecule has 0 N–H and O–H groups in total. The van der Waals surface area contributed by atoms with Gasteiger partial charge in [-0.15, -0.1) is 0 Å². The minimum Gasteiger partial charge on any atom is 0 e. The minimum absolute atomic E-state index is 0. The number of rotatable bonds is 0. The van der Waals surface area contributed by atoms with Crippen LogP contribution in [0.15, 0.2) is 0 Å². The fraction of sp³-hybridized carbons (Fsp3) is 0. The standard InChI is InChI=1S/Al.Cu.Mg.Ni.Si.2H. The Morgan fingerprint density at radius 3 is 1.00 bits per heavy atom. The van der Waals surface area contributed by atoms with Crippen LogP contribution in [0.25, 0.3) is 0 Å². The molecule has 0 saturated heterocycles. The van der Waals surface area contributed by atoms with Crippen molar-refractivity contribution in [1.82, 2.24) is 0 Å². The summed E-state index contributed by atoms with van der Waals surface area (Å²) >= 11 is 0. The molecule has 0 aromatic rings. The van der Waals surface area contributed by atoms with Gasteiger partial charge in [0.25, 0.3) is 0 Å². The molecule has 0 aliphatic carbocycles. The first-order valence-corrected chi connectivity index (χ1v) is 0. The summed E-state index contributed by atoms with van der Waals surface area (Å²) in [6.07, 6.45) is 0. The Balaban J connectivity index is 0. The Labute approximate surface area is 83.9 Å². The van der Waals surface area contributed by atoms with E-state index in [1.165, 1.54) is 0 Å². The third-order valence-electron chi connectivity index (χ3n) is 0. The Kier molecular flexibility index (Phi) is 313. The third kappa shape index (κ3) is 20.9. The van der Waals surface area contributed by atoms with Crippen molar-refractivity contribution >= 4 is 51.4 Å². The zero-order valence-corrected chi connectivity index (χ0v) is 5.78. The fourth-order valence-corrected chi connectivity index (χ4v) is 0. The minimum atomic E-state index is 0. The van der Waals surface area contributed by atoms with Gasteiger partial charge in [-0.1, -0.05) is 0 Å². The normalized spacial score (nSPS) is 0. The molecule has 0 heterocycles. The zero-order chi connectivity index (χ0) is 0. The van der Waals surface area contributed by atoms with Gasteiger partial charge in [0.05, 0.1) is 0 Å². The van der Waals surface area contributed by atoms with Crippen molar-refractivity contribution in [3.63, 3.8) is 0 Å². The van der Waals surface area contributed by atoms with Gasteiger partial charge in [0.15, 0.2) is 0 Å². The van der Waals surface area contributed by atoms with Crippen LogP contribution in [-0.4, -0.2) is 51.4 Å². The second kappa shape index (κ2) is 31.2. The summed E-state index contributed by atoms with van der Waals surface area (Å²) in [5.74, 6) is 0. The van der Waals surface area contributed by atoms with Crippen molar-refractivity contribution in [2.45, 2.75) is 0 Å². The van der Waals surface area contributed by atoms with Gasteiger partial charge in [0, 0.05) is 61.9 Å². The van der Waals surface area contributed by atoms with E-state index in [0.717, 1.165) is 0 Å². The molecule has 0 unspecified atom stereocenters. The molecule has 0 rings (SSSR count). The van der Waals surface area contributed by atoms with Crippen LogP contribution in [0, 0.1) is 0 Å². The molecule has 0 atom stereocenters. The molecule has 0 aliphatic rings. The number of hydrogen-bond acceptors (Lipinski definition) is 0. The quantitative estimate of drug-likeness (QED) is 0.413. The molecule has 8 radical (unpaired) electrons. The van der Waals surface area contributed by atoms with Crippen molar-refractivity contribution in [3.8, 4) is 0 Å². The first-order valence-electron chi connectivity index (χ1n) is 0. The number of hydrogen-bond donors (Lipinski definition) is 0. The molecule has 0 fully saturated rings. The largest absolute Gasteiger partial charge is 0.316 e. The Morgan fingerprint density at radius 1 is 1.00 bits per heavy atom. The maximum atomic E-state index is 0. The molecule has 0 aromatic carbocycles. The van der Waals surface area contributed by atoms with E-state index in [4.69, 9.17) is 0 Å². The third-order valence-corrected chi connectivity index (χ3v) is 0. The van der Waals surface area contributed by atoms with Crippen LogP contribution in [-0.2, 0) is 33.6 Å². The summed E-state index contributed by atoms with van der Waals surface area (Å²) in [5.41, 5.74) is 0. The second-order valence-electron chi connectivity index (χ2n) is 0. The Hall–Kier alpha value is 2.53. The van der Waals surface area contributed by atoms with Crippen LogP contribution in [0.2, 0.25) is 0 Å². The van der Waals surface area contributed by atoms with Gasteiger partial charge >= 0.3 is 23.1 Å². The molecule has 0 saturated carbocycles. The van der Waals surface area contributed by atoms with E-state index in [2.05, 4.69) is 0 Å². The van der Waals surface area contributed by atoms with Gasteiger partial charge in [-0.2, -0.15) is 0 Å². The molecule has 5 heavy (non-hydrogen) atoms. The first-order chi connectivity index (χ1) is 0. The molecular formula is H2AlCuMgNiSi. The van der Waals surface area contributed by atoms with Crippen molar-refractivity contribution in [2.24, 2.45) is 0 Å². The van der Waals surface area contributed by atoms with Crippen molar-refractivity contribution in [2.75, 3.05) is 0 Å². The van der Waals surface area contributed by atoms with E-state index in [1.807, 2.05) is 0 Å². The van der Waals surface area contributed by atoms with Crippen LogP contribution < -0.4 is 0 Å². The van der Waals surface area contributed by atoms with Gasteiger partial charge in [0.2, 0.25) is 0 Å². The maximum absolute atomic E-state index is 0. The van der Waals surface area contributed by atoms with Crippen LogP contribution in [0.5, 0.6) is 0 Å². The van der Waals surface area contributed by atoms with Crippen LogP contribution in [0.1, 0.15) is 0 Å². The van der Waals surface area contributed by atoms with Crippen LogP contribution in [0.3, 0.4) is 0 Å². The molecule has 5 heteroatoms. The molecule has 0 amide bonds. The topological polar surface area (TPSA) is 0 Å². The van der Waals surface area contributed by atoms with Crippen molar-refractivity contribution in [3.05, 3.63) is 0 Å². The smallest absolute Gasteiger partial charge is 0 e. The Bertz CT molecular complexity index is 11.6. The van der Waals surface area contributed by atoms with E-state index in [9.17, 15) is 0 Å². The fourth-order valence-electron chi connectivity index (χ4n) is 0. The van der Waals surface area contributed by atoms with Crippen LogP contribution in [0.4, 0.5) is 0 Å². The van der Waals surface area contributed by atoms with E-state index in [0.29, 0.717) is 0 Å². The van der Waals surface area contributed by atoms with E-state index in [-0.39, 0.29) is 84.9 Å². The van der Waals surface area contributed by atoms with Gasteiger partial charge in [0.1, 0.15) is 0 Å². The zero-order valence-electron chi connectivity index (χ0n) is 1.70. The molecule has 32 valence electrons. The van der Waals surface area contributed by atoms with E-state index >= 15 is 0 Å². The molecule has 0 aromatic heterocycles. The molecule has 0 nitrogen and oxygen atoms in total. The summed E-state index contributed by atoms with van der Waals surface area (Å²) in [4.78, 5) is 0. The average molecular weight is 204 g/mol. The second-order valence-corrected chi connectivity index (χ2v) is 0. The first kappa shape index (κ1) is 50.2.